The number of hydrogen-bond donors (Lipinski definition) is 2. The molecule has 3 N–H and O–H groups in total. The fourth-order valence-electron chi connectivity index (χ4n) is 1.62. The van der Waals surface area contributed by atoms with E-state index in [1.54, 1.807) is 25.1 Å². The SMILES string of the molecule is Cc1cc(Oc2ccc(C(=N)N)cn2)ccc1[N+](=O)[O-]. The quantitative estimate of drug-likeness (QED) is 0.383. The number of hydrogen-bond acceptors (Lipinski definition) is 5. The zero-order chi connectivity index (χ0) is 14.7. The Hall–Kier alpha value is -2.96. The Morgan fingerprint density at radius 1 is 1.40 bits per heavy atom. The van der Waals surface area contributed by atoms with Crippen LogP contribution in [0, 0.1) is 22.4 Å². The van der Waals surface area contributed by atoms with Gasteiger partial charge in [0, 0.05) is 29.5 Å². The molecule has 2 rings (SSSR count). The van der Waals surface area contributed by atoms with Gasteiger partial charge >= 0.3 is 0 Å². The highest BCUT2D eigenvalue weighted by Gasteiger charge is 2.11. The fraction of sp³-hybridized carbons (Fsp3) is 0.0769. The lowest BCUT2D eigenvalue weighted by Crippen LogP contribution is -2.11. The van der Waals surface area contributed by atoms with Crippen LogP contribution in [-0.2, 0) is 0 Å². The number of aromatic nitrogens is 1. The number of nitrogens with two attached hydrogens (primary N) is 1. The topological polar surface area (TPSA) is 115 Å². The molecule has 0 amide bonds. The second-order valence-electron chi connectivity index (χ2n) is 4.11. The molecule has 0 aliphatic carbocycles. The lowest BCUT2D eigenvalue weighted by Gasteiger charge is -2.06. The molecule has 7 nitrogen and oxygen atoms in total. The van der Waals surface area contributed by atoms with E-state index < -0.39 is 4.92 Å². The van der Waals surface area contributed by atoms with Crippen LogP contribution in [0.5, 0.6) is 11.6 Å². The van der Waals surface area contributed by atoms with Crippen LogP contribution in [0.15, 0.2) is 36.5 Å². The van der Waals surface area contributed by atoms with E-state index >= 15 is 0 Å². The highest BCUT2D eigenvalue weighted by molar-refractivity contribution is 5.94. The second kappa shape index (κ2) is 5.35. The highest BCUT2D eigenvalue weighted by Crippen LogP contribution is 2.26. The number of nitrogens with one attached hydrogen (secondary N) is 1. The Kier molecular flexibility index (Phi) is 3.60. The number of benzene rings is 1. The molecule has 7 heteroatoms. The lowest BCUT2D eigenvalue weighted by molar-refractivity contribution is -0.385. The largest absolute Gasteiger partial charge is 0.439 e. The van der Waals surface area contributed by atoms with Crippen molar-refractivity contribution < 1.29 is 9.66 Å². The van der Waals surface area contributed by atoms with Gasteiger partial charge in [0.15, 0.2) is 0 Å². The number of aryl methyl sites for hydroxylation is 1. The number of amidine groups is 1. The summed E-state index contributed by atoms with van der Waals surface area (Å²) in [6.07, 6.45) is 1.43. The van der Waals surface area contributed by atoms with Gasteiger partial charge in [-0.3, -0.25) is 15.5 Å². The highest BCUT2D eigenvalue weighted by atomic mass is 16.6. The molecule has 0 saturated carbocycles. The fourth-order valence-corrected chi connectivity index (χ4v) is 1.62. The maximum absolute atomic E-state index is 10.7. The molecule has 20 heavy (non-hydrogen) atoms. The predicted molar refractivity (Wildman–Crippen MR) is 73.2 cm³/mol. The first-order chi connectivity index (χ1) is 9.47. The summed E-state index contributed by atoms with van der Waals surface area (Å²) >= 11 is 0. The molecular formula is C13H12N4O3. The van der Waals surface area contributed by atoms with Crippen molar-refractivity contribution in [2.45, 2.75) is 6.92 Å². The van der Waals surface area contributed by atoms with Crippen molar-refractivity contribution in [3.63, 3.8) is 0 Å². The third-order valence-electron chi connectivity index (χ3n) is 2.63. The van der Waals surface area contributed by atoms with Crippen LogP contribution in [-0.4, -0.2) is 15.7 Å². The first kappa shape index (κ1) is 13.5. The molecule has 1 heterocycles. The number of nitro benzene ring substituents is 1. The summed E-state index contributed by atoms with van der Waals surface area (Å²) in [5.74, 6) is 0.703. The number of nitrogen functional groups attached to an aromatic ring is 1. The molecule has 0 aliphatic rings. The molecule has 0 bridgehead atoms. The zero-order valence-corrected chi connectivity index (χ0v) is 10.7. The van der Waals surface area contributed by atoms with E-state index in [0.717, 1.165) is 0 Å². The van der Waals surface area contributed by atoms with Crippen LogP contribution in [0.1, 0.15) is 11.1 Å². The molecule has 0 radical (unpaired) electrons. The molecular weight excluding hydrogens is 260 g/mol. The Morgan fingerprint density at radius 3 is 2.65 bits per heavy atom. The average Bonchev–Trinajstić information content (AvgIpc) is 2.39. The first-order valence-corrected chi connectivity index (χ1v) is 5.70. The number of pyridine rings is 1. The molecule has 1 aromatic heterocycles. The Bertz CT molecular complexity index is 668. The van der Waals surface area contributed by atoms with Gasteiger partial charge < -0.3 is 10.5 Å². The third-order valence-corrected chi connectivity index (χ3v) is 2.63. The molecule has 0 spiro atoms. The van der Waals surface area contributed by atoms with Crippen molar-refractivity contribution in [3.8, 4) is 11.6 Å². The standard InChI is InChI=1S/C13H12N4O3/c1-8-6-10(3-4-11(8)17(18)19)20-12-5-2-9(7-16-12)13(14)15/h2-7H,1H3,(H3,14,15). The van der Waals surface area contributed by atoms with Crippen molar-refractivity contribution in [2.24, 2.45) is 5.73 Å². The minimum Gasteiger partial charge on any atom is -0.439 e. The lowest BCUT2D eigenvalue weighted by atomic mass is 10.2. The van der Waals surface area contributed by atoms with Crippen LogP contribution in [0.4, 0.5) is 5.69 Å². The van der Waals surface area contributed by atoms with Crippen molar-refractivity contribution in [2.75, 3.05) is 0 Å². The summed E-state index contributed by atoms with van der Waals surface area (Å²) in [5, 5.41) is 18.0. The van der Waals surface area contributed by atoms with Crippen LogP contribution < -0.4 is 10.5 Å². The minimum atomic E-state index is -0.445. The molecule has 102 valence electrons. The summed E-state index contributed by atoms with van der Waals surface area (Å²) in [6, 6.07) is 7.65. The van der Waals surface area contributed by atoms with Gasteiger partial charge in [-0.2, -0.15) is 0 Å². The Labute approximate surface area is 114 Å². The second-order valence-corrected chi connectivity index (χ2v) is 4.11. The average molecular weight is 272 g/mol. The van der Waals surface area contributed by atoms with Gasteiger partial charge in [0.1, 0.15) is 11.6 Å². The van der Waals surface area contributed by atoms with Crippen LogP contribution >= 0.6 is 0 Å². The smallest absolute Gasteiger partial charge is 0.272 e. The maximum atomic E-state index is 10.7. The number of ether oxygens (including phenoxy) is 1. The molecule has 0 fully saturated rings. The van der Waals surface area contributed by atoms with E-state index in [9.17, 15) is 10.1 Å². The maximum Gasteiger partial charge on any atom is 0.272 e. The molecule has 0 unspecified atom stereocenters. The summed E-state index contributed by atoms with van der Waals surface area (Å²) in [4.78, 5) is 14.3. The molecule has 0 atom stereocenters. The van der Waals surface area contributed by atoms with Crippen LogP contribution in [0.25, 0.3) is 0 Å². The minimum absolute atomic E-state index is 0.0391. The van der Waals surface area contributed by atoms with Gasteiger partial charge in [-0.05, 0) is 25.1 Å². The summed E-state index contributed by atoms with van der Waals surface area (Å²) in [6.45, 7) is 1.64. The Balaban J connectivity index is 2.19. The number of nitrogens with zero attached hydrogens (tertiary/aromatic N) is 2. The molecule has 1 aromatic carbocycles. The zero-order valence-electron chi connectivity index (χ0n) is 10.7. The Morgan fingerprint density at radius 2 is 2.15 bits per heavy atom. The van der Waals surface area contributed by atoms with Crippen molar-refractivity contribution in [1.29, 1.82) is 5.41 Å². The molecule has 0 saturated heterocycles. The van der Waals surface area contributed by atoms with Crippen LogP contribution in [0.3, 0.4) is 0 Å². The monoisotopic (exact) mass is 272 g/mol. The number of nitro groups is 1. The summed E-state index contributed by atoms with van der Waals surface area (Å²) in [5.41, 5.74) is 6.36. The van der Waals surface area contributed by atoms with Gasteiger partial charge in [0.25, 0.3) is 5.69 Å². The van der Waals surface area contributed by atoms with Crippen molar-refractivity contribution >= 4 is 11.5 Å². The van der Waals surface area contributed by atoms with Gasteiger partial charge in [-0.25, -0.2) is 4.98 Å². The predicted octanol–water partition coefficient (Wildman–Crippen LogP) is 2.37. The third kappa shape index (κ3) is 2.89. The van der Waals surface area contributed by atoms with E-state index in [4.69, 9.17) is 15.9 Å². The first-order valence-electron chi connectivity index (χ1n) is 5.70. The van der Waals surface area contributed by atoms with Gasteiger partial charge in [-0.1, -0.05) is 0 Å². The van der Waals surface area contributed by atoms with Gasteiger partial charge in [-0.15, -0.1) is 0 Å². The van der Waals surface area contributed by atoms with Gasteiger partial charge in [0.05, 0.1) is 4.92 Å². The number of rotatable bonds is 4. The van der Waals surface area contributed by atoms with E-state index in [0.29, 0.717) is 22.8 Å². The van der Waals surface area contributed by atoms with Gasteiger partial charge in [0.2, 0.25) is 5.88 Å². The van der Waals surface area contributed by atoms with E-state index in [-0.39, 0.29) is 11.5 Å². The normalized spacial score (nSPS) is 10.1. The van der Waals surface area contributed by atoms with Crippen molar-refractivity contribution in [3.05, 3.63) is 57.8 Å². The van der Waals surface area contributed by atoms with Crippen LogP contribution in [0.2, 0.25) is 0 Å². The van der Waals surface area contributed by atoms with E-state index in [1.165, 1.54) is 18.3 Å². The molecule has 2 aromatic rings. The van der Waals surface area contributed by atoms with E-state index in [1.807, 2.05) is 0 Å². The molecule has 0 aliphatic heterocycles. The van der Waals surface area contributed by atoms with Crippen molar-refractivity contribution in [1.82, 2.24) is 4.98 Å². The summed E-state index contributed by atoms with van der Waals surface area (Å²) < 4.78 is 5.48. The summed E-state index contributed by atoms with van der Waals surface area (Å²) in [7, 11) is 0. The van der Waals surface area contributed by atoms with E-state index in [2.05, 4.69) is 4.98 Å².